The average molecular weight is 329 g/mol. The monoisotopic (exact) mass is 329 g/mol. The molecular formula is C18H15N7. The van der Waals surface area contributed by atoms with Gasteiger partial charge in [0, 0.05) is 11.8 Å². The largest absolute Gasteiger partial charge is 0.323 e. The van der Waals surface area contributed by atoms with Crippen LogP contribution in [-0.2, 0) is 6.54 Å². The number of imidazole rings is 1. The molecule has 4 aromatic rings. The third-order valence-corrected chi connectivity index (χ3v) is 3.90. The van der Waals surface area contributed by atoms with Crippen LogP contribution in [0.2, 0.25) is 0 Å². The zero-order valence-electron chi connectivity index (χ0n) is 13.3. The van der Waals surface area contributed by atoms with Crippen LogP contribution in [0.3, 0.4) is 0 Å². The normalized spacial score (nSPS) is 10.9. The molecule has 0 amide bonds. The molecule has 0 aliphatic heterocycles. The Balaban J connectivity index is 1.69. The van der Waals surface area contributed by atoms with Crippen molar-refractivity contribution < 1.29 is 0 Å². The van der Waals surface area contributed by atoms with Crippen molar-refractivity contribution in [2.45, 2.75) is 6.54 Å². The molecule has 122 valence electrons. The van der Waals surface area contributed by atoms with Gasteiger partial charge in [-0.15, -0.1) is 0 Å². The van der Waals surface area contributed by atoms with E-state index in [1.54, 1.807) is 30.9 Å². The van der Waals surface area contributed by atoms with Crippen molar-refractivity contribution >= 4 is 16.9 Å². The number of benzene rings is 1. The zero-order chi connectivity index (χ0) is 17.2. The van der Waals surface area contributed by atoms with Gasteiger partial charge in [-0.3, -0.25) is 15.8 Å². The Hall–Kier alpha value is -3.61. The number of rotatable bonds is 3. The van der Waals surface area contributed by atoms with Crippen LogP contribution in [0.15, 0.2) is 67.3 Å². The maximum Gasteiger partial charge on any atom is 0.148 e. The van der Waals surface area contributed by atoms with Gasteiger partial charge in [-0.25, -0.2) is 4.98 Å². The second kappa shape index (κ2) is 6.12. The van der Waals surface area contributed by atoms with E-state index in [0.717, 1.165) is 22.3 Å². The second-order valence-electron chi connectivity index (χ2n) is 5.57. The van der Waals surface area contributed by atoms with E-state index < -0.39 is 0 Å². The summed E-state index contributed by atoms with van der Waals surface area (Å²) in [6, 6.07) is 15.0. The number of nitrogens with zero attached hydrogens (tertiary/aromatic N) is 5. The topological polar surface area (TPSA) is 96.2 Å². The van der Waals surface area contributed by atoms with E-state index >= 15 is 0 Å². The first-order valence-electron chi connectivity index (χ1n) is 7.75. The summed E-state index contributed by atoms with van der Waals surface area (Å²) in [5, 5.41) is 20.9. The molecule has 0 aliphatic rings. The van der Waals surface area contributed by atoms with Gasteiger partial charge in [0.25, 0.3) is 0 Å². The first-order chi connectivity index (χ1) is 12.2. The minimum atomic E-state index is 0.163. The summed E-state index contributed by atoms with van der Waals surface area (Å²) < 4.78 is 3.19. The molecule has 7 heteroatoms. The highest BCUT2D eigenvalue weighted by atomic mass is 15.3. The minimum Gasteiger partial charge on any atom is -0.323 e. The third kappa shape index (κ3) is 2.83. The van der Waals surface area contributed by atoms with Gasteiger partial charge >= 0.3 is 0 Å². The Kier molecular flexibility index (Phi) is 3.66. The van der Waals surface area contributed by atoms with Crippen LogP contribution in [0.25, 0.3) is 22.3 Å². The molecule has 0 saturated carbocycles. The van der Waals surface area contributed by atoms with Crippen LogP contribution in [0.5, 0.6) is 0 Å². The van der Waals surface area contributed by atoms with E-state index in [-0.39, 0.29) is 17.9 Å². The molecule has 0 atom stereocenters. The lowest BCUT2D eigenvalue weighted by Crippen LogP contribution is -2.31. The molecule has 2 N–H and O–H groups in total. The highest BCUT2D eigenvalue weighted by Crippen LogP contribution is 2.14. The van der Waals surface area contributed by atoms with E-state index in [0.29, 0.717) is 0 Å². The van der Waals surface area contributed by atoms with Gasteiger partial charge in [-0.2, -0.15) is 9.78 Å². The smallest absolute Gasteiger partial charge is 0.148 e. The number of aromatic nitrogens is 5. The van der Waals surface area contributed by atoms with Crippen molar-refractivity contribution in [1.82, 2.24) is 24.3 Å². The Labute approximate surface area is 143 Å². The Morgan fingerprint density at radius 2 is 1.88 bits per heavy atom. The van der Waals surface area contributed by atoms with Gasteiger partial charge in [0.15, 0.2) is 0 Å². The van der Waals surface area contributed by atoms with Crippen molar-refractivity contribution in [1.29, 1.82) is 10.8 Å². The minimum absolute atomic E-state index is 0.163. The van der Waals surface area contributed by atoms with Crippen molar-refractivity contribution in [3.05, 3.63) is 72.7 Å². The molecule has 3 aromatic heterocycles. The second-order valence-corrected chi connectivity index (χ2v) is 5.57. The van der Waals surface area contributed by atoms with Crippen LogP contribution < -0.4 is 5.49 Å². The molecule has 0 aliphatic carbocycles. The molecule has 4 rings (SSSR count). The van der Waals surface area contributed by atoms with Gasteiger partial charge in [0.05, 0.1) is 30.3 Å². The maximum atomic E-state index is 8.40. The lowest BCUT2D eigenvalue weighted by Gasteiger charge is -2.10. The standard InChI is InChI=1S/C18H15N7/c19-17-7-6-14(13-4-2-1-3-5-13)23-25(17)18(20)11-24-12-22-15-10-21-9-8-16(15)24/h1-10,12,19-20H,11H2. The molecule has 7 nitrogen and oxygen atoms in total. The van der Waals surface area contributed by atoms with Gasteiger partial charge in [0.2, 0.25) is 0 Å². The number of fused-ring (bicyclic) bond motifs is 1. The van der Waals surface area contributed by atoms with Crippen molar-refractivity contribution in [3.63, 3.8) is 0 Å². The Morgan fingerprint density at radius 1 is 1.04 bits per heavy atom. The summed E-state index contributed by atoms with van der Waals surface area (Å²) in [5.74, 6) is 0.193. The van der Waals surface area contributed by atoms with Crippen molar-refractivity contribution in [3.8, 4) is 11.3 Å². The fourth-order valence-corrected chi connectivity index (χ4v) is 2.66. The molecule has 3 heterocycles. The summed E-state index contributed by atoms with van der Waals surface area (Å²) in [6.07, 6.45) is 5.06. The summed E-state index contributed by atoms with van der Waals surface area (Å²) in [4.78, 5) is 8.33. The first-order valence-corrected chi connectivity index (χ1v) is 7.75. The molecule has 0 radical (unpaired) electrons. The Bertz CT molecular complexity index is 1110. The third-order valence-electron chi connectivity index (χ3n) is 3.90. The molecular weight excluding hydrogens is 314 g/mol. The summed E-state index contributed by atoms with van der Waals surface area (Å²) in [5.41, 5.74) is 3.50. The lowest BCUT2D eigenvalue weighted by molar-refractivity contribution is 0.754. The number of pyridine rings is 1. The molecule has 0 saturated heterocycles. The van der Waals surface area contributed by atoms with Crippen molar-refractivity contribution in [2.75, 3.05) is 0 Å². The lowest BCUT2D eigenvalue weighted by atomic mass is 10.1. The van der Waals surface area contributed by atoms with Gasteiger partial charge < -0.3 is 4.57 Å². The SMILES string of the molecule is N=C(Cn1cnc2cnccc21)n1nc(-c2ccccc2)ccc1=N. The van der Waals surface area contributed by atoms with E-state index in [9.17, 15) is 0 Å². The van der Waals surface area contributed by atoms with Crippen LogP contribution in [-0.4, -0.2) is 30.2 Å². The Morgan fingerprint density at radius 3 is 2.72 bits per heavy atom. The number of hydrogen-bond donors (Lipinski definition) is 2. The average Bonchev–Trinajstić information content (AvgIpc) is 3.06. The van der Waals surface area contributed by atoms with Crippen molar-refractivity contribution in [2.24, 2.45) is 0 Å². The first kappa shape index (κ1) is 14.9. The number of hydrogen-bond acceptors (Lipinski definition) is 5. The maximum absolute atomic E-state index is 8.40. The molecule has 25 heavy (non-hydrogen) atoms. The highest BCUT2D eigenvalue weighted by Gasteiger charge is 2.09. The van der Waals surface area contributed by atoms with Crippen LogP contribution in [0.1, 0.15) is 0 Å². The summed E-state index contributed by atoms with van der Waals surface area (Å²) in [7, 11) is 0. The van der Waals surface area contributed by atoms with E-state index in [1.807, 2.05) is 41.0 Å². The van der Waals surface area contributed by atoms with Crippen LogP contribution in [0.4, 0.5) is 0 Å². The summed E-state index contributed by atoms with van der Waals surface area (Å²) >= 11 is 0. The fraction of sp³-hybridized carbons (Fsp3) is 0.0556. The van der Waals surface area contributed by atoms with E-state index in [1.165, 1.54) is 4.68 Å². The molecule has 0 unspecified atom stereocenters. The molecule has 0 bridgehead atoms. The summed E-state index contributed by atoms with van der Waals surface area (Å²) in [6.45, 7) is 0.266. The van der Waals surface area contributed by atoms with Crippen LogP contribution >= 0.6 is 0 Å². The quantitative estimate of drug-likeness (QED) is 0.446. The highest BCUT2D eigenvalue weighted by molar-refractivity contribution is 5.83. The van der Waals surface area contributed by atoms with E-state index in [4.69, 9.17) is 10.8 Å². The molecule has 0 fully saturated rings. The van der Waals surface area contributed by atoms with Gasteiger partial charge in [-0.1, -0.05) is 30.3 Å². The predicted octanol–water partition coefficient (Wildman–Crippen LogP) is 2.30. The fourth-order valence-electron chi connectivity index (χ4n) is 2.66. The number of nitrogens with one attached hydrogen (secondary N) is 2. The van der Waals surface area contributed by atoms with E-state index in [2.05, 4.69) is 15.1 Å². The van der Waals surface area contributed by atoms with Gasteiger partial charge in [-0.05, 0) is 18.2 Å². The van der Waals surface area contributed by atoms with Gasteiger partial charge in [0.1, 0.15) is 16.8 Å². The molecule has 1 aromatic carbocycles. The predicted molar refractivity (Wildman–Crippen MR) is 94.2 cm³/mol. The van der Waals surface area contributed by atoms with Crippen LogP contribution in [0, 0.1) is 10.8 Å². The molecule has 0 spiro atoms. The zero-order valence-corrected chi connectivity index (χ0v) is 13.3.